The van der Waals surface area contributed by atoms with Gasteiger partial charge in [0.25, 0.3) is 5.91 Å². The molecule has 3 heterocycles. The fraction of sp³-hybridized carbons (Fsp3) is 0.308. The molecule has 1 N–H and O–H groups in total. The number of amides is 1. The zero-order chi connectivity index (χ0) is 25.7. The summed E-state index contributed by atoms with van der Waals surface area (Å²) in [6, 6.07) is 13.3. The third-order valence-electron chi connectivity index (χ3n) is 6.26. The maximum atomic E-state index is 13.4. The number of nitrogens with one attached hydrogen (secondary N) is 1. The zero-order valence-corrected chi connectivity index (χ0v) is 19.9. The Balaban J connectivity index is 1.74. The van der Waals surface area contributed by atoms with Gasteiger partial charge in [0.2, 0.25) is 0 Å². The lowest BCUT2D eigenvalue weighted by Gasteiger charge is -2.39. The maximum absolute atomic E-state index is 13.4. The summed E-state index contributed by atoms with van der Waals surface area (Å²) < 4.78 is 40.1. The minimum atomic E-state index is -4.72. The smallest absolute Gasteiger partial charge is 0.342 e. The molecule has 2 atom stereocenters. The molecule has 1 aliphatic heterocycles. The molecule has 1 saturated heterocycles. The van der Waals surface area contributed by atoms with Gasteiger partial charge in [0, 0.05) is 24.6 Å². The van der Waals surface area contributed by atoms with Crippen LogP contribution in [0.5, 0.6) is 0 Å². The molecule has 1 unspecified atom stereocenters. The fourth-order valence-electron chi connectivity index (χ4n) is 4.56. The Bertz CT molecular complexity index is 1260. The molecule has 0 aliphatic carbocycles. The number of hydrogen-bond acceptors (Lipinski definition) is 5. The average molecular weight is 514 g/mol. The Morgan fingerprint density at radius 2 is 2.00 bits per heavy atom. The highest BCUT2D eigenvalue weighted by atomic mass is 35.5. The fourth-order valence-corrected chi connectivity index (χ4v) is 4.86. The number of benzene rings is 1. The van der Waals surface area contributed by atoms with E-state index < -0.39 is 34.4 Å². The van der Waals surface area contributed by atoms with Crippen molar-refractivity contribution in [2.45, 2.75) is 37.5 Å². The van der Waals surface area contributed by atoms with Crippen molar-refractivity contribution in [1.29, 1.82) is 5.26 Å². The van der Waals surface area contributed by atoms with Gasteiger partial charge in [-0.15, -0.1) is 0 Å². The zero-order valence-electron chi connectivity index (χ0n) is 19.2. The third-order valence-corrected chi connectivity index (χ3v) is 6.64. The molecular formula is C26H23ClF3N5O. The summed E-state index contributed by atoms with van der Waals surface area (Å²) in [7, 11) is 0. The van der Waals surface area contributed by atoms with E-state index in [0.29, 0.717) is 13.0 Å². The molecule has 0 saturated carbocycles. The van der Waals surface area contributed by atoms with Crippen molar-refractivity contribution >= 4 is 17.5 Å². The van der Waals surface area contributed by atoms with E-state index in [1.54, 1.807) is 12.4 Å². The topological polar surface area (TPSA) is 81.9 Å². The molecule has 3 aromatic rings. The van der Waals surface area contributed by atoms with Crippen LogP contribution in [0.4, 0.5) is 13.2 Å². The van der Waals surface area contributed by atoms with Gasteiger partial charge in [-0.25, -0.2) is 4.98 Å². The predicted molar refractivity (Wildman–Crippen MR) is 129 cm³/mol. The van der Waals surface area contributed by atoms with Gasteiger partial charge in [-0.2, -0.15) is 18.4 Å². The van der Waals surface area contributed by atoms with Crippen LogP contribution in [0.2, 0.25) is 5.02 Å². The first kappa shape index (κ1) is 25.6. The van der Waals surface area contributed by atoms with Crippen LogP contribution < -0.4 is 5.32 Å². The Morgan fingerprint density at radius 1 is 1.19 bits per heavy atom. The number of piperidine rings is 1. The predicted octanol–water partition coefficient (Wildman–Crippen LogP) is 5.66. The number of alkyl halides is 3. The first-order chi connectivity index (χ1) is 17.3. The van der Waals surface area contributed by atoms with Crippen LogP contribution in [0.3, 0.4) is 0 Å². The van der Waals surface area contributed by atoms with E-state index in [0.717, 1.165) is 41.8 Å². The second kappa shape index (κ2) is 11.1. The van der Waals surface area contributed by atoms with Crippen LogP contribution in [-0.2, 0) is 6.18 Å². The van der Waals surface area contributed by atoms with E-state index >= 15 is 0 Å². The highest BCUT2D eigenvalue weighted by Crippen LogP contribution is 2.36. The van der Waals surface area contributed by atoms with E-state index in [-0.39, 0.29) is 12.6 Å². The number of carbonyl (C=O) groups excluding carboxylic acids is 1. The molecule has 1 amide bonds. The van der Waals surface area contributed by atoms with Crippen molar-refractivity contribution in [3.63, 3.8) is 0 Å². The highest BCUT2D eigenvalue weighted by Gasteiger charge is 2.37. The number of aromatic nitrogens is 2. The highest BCUT2D eigenvalue weighted by molar-refractivity contribution is 6.34. The maximum Gasteiger partial charge on any atom is 0.417 e. The molecule has 0 spiro atoms. The Kier molecular flexibility index (Phi) is 7.87. The molecule has 0 bridgehead atoms. The summed E-state index contributed by atoms with van der Waals surface area (Å²) in [5.74, 6) is -0.814. The first-order valence-corrected chi connectivity index (χ1v) is 11.8. The Hall–Kier alpha value is -3.48. The number of halogens is 4. The van der Waals surface area contributed by atoms with E-state index in [1.165, 1.54) is 0 Å². The molecule has 1 aromatic carbocycles. The van der Waals surface area contributed by atoms with E-state index in [1.807, 2.05) is 41.3 Å². The van der Waals surface area contributed by atoms with Gasteiger partial charge in [0.05, 0.1) is 29.2 Å². The summed E-state index contributed by atoms with van der Waals surface area (Å²) in [5.41, 5.74) is 0.885. The molecular weight excluding hydrogens is 491 g/mol. The molecule has 186 valence electrons. The van der Waals surface area contributed by atoms with Crippen LogP contribution in [0, 0.1) is 11.3 Å². The summed E-state index contributed by atoms with van der Waals surface area (Å²) in [5, 5.41) is 11.5. The molecule has 0 radical (unpaired) electrons. The lowest BCUT2D eigenvalue weighted by atomic mass is 9.89. The van der Waals surface area contributed by atoms with Crippen molar-refractivity contribution < 1.29 is 18.0 Å². The van der Waals surface area contributed by atoms with Gasteiger partial charge < -0.3 is 5.32 Å². The monoisotopic (exact) mass is 513 g/mol. The standard InChI is InChI=1S/C26H23ClF3N5O/c27-22-20(26(28,29)30)9-12-33-24(22)25(36)34-23(21-8-1-2-13-35(21)14-10-31)18-6-3-5-17(15-18)19-7-4-11-32-16-19/h3-7,9,11-12,15-16,21,23H,1-2,8,13-14H2,(H,34,36)/t21-,23?/m0/s1. The van der Waals surface area contributed by atoms with E-state index in [4.69, 9.17) is 11.6 Å². The van der Waals surface area contributed by atoms with Crippen molar-refractivity contribution in [2.24, 2.45) is 0 Å². The van der Waals surface area contributed by atoms with Crippen LogP contribution in [0.25, 0.3) is 11.1 Å². The summed E-state index contributed by atoms with van der Waals surface area (Å²) in [6.45, 7) is 0.845. The summed E-state index contributed by atoms with van der Waals surface area (Å²) >= 11 is 5.98. The number of carbonyl (C=O) groups is 1. The van der Waals surface area contributed by atoms with Crippen molar-refractivity contribution in [1.82, 2.24) is 20.2 Å². The lowest BCUT2D eigenvalue weighted by Crippen LogP contribution is -2.49. The van der Waals surface area contributed by atoms with Gasteiger partial charge >= 0.3 is 6.18 Å². The number of likely N-dealkylation sites (tertiary alicyclic amines) is 1. The number of rotatable bonds is 6. The quantitative estimate of drug-likeness (QED) is 0.430. The average Bonchev–Trinajstić information content (AvgIpc) is 2.88. The van der Waals surface area contributed by atoms with Crippen LogP contribution in [0.1, 0.15) is 46.9 Å². The van der Waals surface area contributed by atoms with Gasteiger partial charge in [-0.1, -0.05) is 42.3 Å². The minimum absolute atomic E-state index is 0.169. The van der Waals surface area contributed by atoms with E-state index in [9.17, 15) is 23.2 Å². The summed E-state index contributed by atoms with van der Waals surface area (Å²) in [6.07, 6.45) is 2.10. The second-order valence-electron chi connectivity index (χ2n) is 8.53. The van der Waals surface area contributed by atoms with Gasteiger partial charge in [-0.05, 0) is 54.3 Å². The van der Waals surface area contributed by atoms with Gasteiger partial charge in [0.15, 0.2) is 0 Å². The molecule has 4 rings (SSSR count). The van der Waals surface area contributed by atoms with Crippen LogP contribution in [0.15, 0.2) is 61.1 Å². The van der Waals surface area contributed by atoms with Crippen molar-refractivity contribution in [3.8, 4) is 17.2 Å². The molecule has 2 aromatic heterocycles. The molecule has 10 heteroatoms. The number of pyridine rings is 2. The normalized spacial score (nSPS) is 17.2. The largest absolute Gasteiger partial charge is 0.417 e. The van der Waals surface area contributed by atoms with Crippen molar-refractivity contribution in [2.75, 3.05) is 13.1 Å². The molecule has 1 fully saturated rings. The van der Waals surface area contributed by atoms with Gasteiger partial charge in [-0.3, -0.25) is 14.7 Å². The summed E-state index contributed by atoms with van der Waals surface area (Å²) in [4.78, 5) is 23.3. The second-order valence-corrected chi connectivity index (χ2v) is 8.91. The van der Waals surface area contributed by atoms with Crippen LogP contribution >= 0.6 is 11.6 Å². The molecule has 1 aliphatic rings. The Morgan fingerprint density at radius 3 is 2.72 bits per heavy atom. The van der Waals surface area contributed by atoms with Gasteiger partial charge in [0.1, 0.15) is 5.69 Å². The molecule has 6 nitrogen and oxygen atoms in total. The minimum Gasteiger partial charge on any atom is -0.342 e. The van der Waals surface area contributed by atoms with E-state index in [2.05, 4.69) is 21.4 Å². The SMILES string of the molecule is N#CCN1CCCC[C@H]1C(NC(=O)c1nccc(C(F)(F)F)c1Cl)c1cccc(-c2cccnc2)c1. The number of nitrogens with zero attached hydrogens (tertiary/aromatic N) is 4. The lowest BCUT2D eigenvalue weighted by molar-refractivity contribution is -0.137. The Labute approximate surface area is 211 Å². The number of hydrogen-bond donors (Lipinski definition) is 1. The van der Waals surface area contributed by atoms with Crippen LogP contribution in [-0.4, -0.2) is 39.9 Å². The first-order valence-electron chi connectivity index (χ1n) is 11.4. The van der Waals surface area contributed by atoms with Crippen molar-refractivity contribution in [3.05, 3.63) is 82.9 Å². The number of nitriles is 1. The third kappa shape index (κ3) is 5.66. The molecule has 36 heavy (non-hydrogen) atoms.